The molecule has 1 amide bonds. The Balaban J connectivity index is 1.72. The summed E-state index contributed by atoms with van der Waals surface area (Å²) in [4.78, 5) is 39.4. The second-order valence-electron chi connectivity index (χ2n) is 7.62. The lowest BCUT2D eigenvalue weighted by molar-refractivity contribution is -0.146. The van der Waals surface area contributed by atoms with Crippen molar-refractivity contribution >= 4 is 18.0 Å². The summed E-state index contributed by atoms with van der Waals surface area (Å²) in [5.41, 5.74) is 1.21. The summed E-state index contributed by atoms with van der Waals surface area (Å²) in [5.74, 6) is -0.372. The van der Waals surface area contributed by atoms with Gasteiger partial charge < -0.3 is 23.8 Å². The number of rotatable bonds is 8. The summed E-state index contributed by atoms with van der Waals surface area (Å²) >= 11 is 0. The minimum Gasteiger partial charge on any atom is -0.497 e. The lowest BCUT2D eigenvalue weighted by Crippen LogP contribution is -2.53. The molecule has 0 bridgehead atoms. The summed E-state index contributed by atoms with van der Waals surface area (Å²) in [6, 6.07) is 15.2. The summed E-state index contributed by atoms with van der Waals surface area (Å²) < 4.78 is 21.4. The molecule has 1 fully saturated rings. The number of likely N-dealkylation sites (tertiary alicyclic amines) is 1. The van der Waals surface area contributed by atoms with Gasteiger partial charge in [0, 0.05) is 6.54 Å². The van der Waals surface area contributed by atoms with Gasteiger partial charge in [0.05, 0.1) is 31.7 Å². The van der Waals surface area contributed by atoms with E-state index in [2.05, 4.69) is 0 Å². The maximum atomic E-state index is 12.9. The molecule has 0 aromatic heterocycles. The Morgan fingerprint density at radius 3 is 2.39 bits per heavy atom. The summed E-state index contributed by atoms with van der Waals surface area (Å²) in [6.07, 6.45) is -0.177. The van der Waals surface area contributed by atoms with E-state index in [0.29, 0.717) is 30.7 Å². The van der Waals surface area contributed by atoms with Crippen molar-refractivity contribution in [2.24, 2.45) is 0 Å². The number of ether oxygens (including phenoxy) is 4. The van der Waals surface area contributed by atoms with Crippen molar-refractivity contribution < 1.29 is 33.3 Å². The van der Waals surface area contributed by atoms with Crippen LogP contribution in [0.5, 0.6) is 5.75 Å². The van der Waals surface area contributed by atoms with Crippen molar-refractivity contribution in [1.82, 2.24) is 4.90 Å². The van der Waals surface area contributed by atoms with Crippen molar-refractivity contribution in [2.75, 3.05) is 20.3 Å². The van der Waals surface area contributed by atoms with Crippen LogP contribution in [0.1, 0.15) is 42.1 Å². The third-order valence-corrected chi connectivity index (χ3v) is 5.42. The molecule has 8 nitrogen and oxygen atoms in total. The molecule has 0 spiro atoms. The number of hydrogen-bond donors (Lipinski definition) is 0. The highest BCUT2D eigenvalue weighted by Crippen LogP contribution is 2.26. The van der Waals surface area contributed by atoms with Crippen LogP contribution in [-0.2, 0) is 25.6 Å². The van der Waals surface area contributed by atoms with Crippen molar-refractivity contribution in [3.8, 4) is 5.75 Å². The largest absolute Gasteiger partial charge is 0.497 e. The Kier molecular flexibility index (Phi) is 8.69. The Morgan fingerprint density at radius 1 is 1.00 bits per heavy atom. The zero-order valence-corrected chi connectivity index (χ0v) is 18.9. The van der Waals surface area contributed by atoms with Crippen LogP contribution < -0.4 is 4.74 Å². The highest BCUT2D eigenvalue weighted by molar-refractivity contribution is 5.89. The predicted molar refractivity (Wildman–Crippen MR) is 120 cm³/mol. The lowest BCUT2D eigenvalue weighted by Gasteiger charge is -2.39. The van der Waals surface area contributed by atoms with Gasteiger partial charge in [-0.05, 0) is 49.6 Å². The van der Waals surface area contributed by atoms with Gasteiger partial charge in [-0.2, -0.15) is 0 Å². The van der Waals surface area contributed by atoms with Gasteiger partial charge in [0.1, 0.15) is 18.5 Å². The molecule has 1 saturated heterocycles. The molecule has 0 radical (unpaired) electrons. The van der Waals surface area contributed by atoms with Crippen LogP contribution in [0.2, 0.25) is 0 Å². The number of carbonyl (C=O) groups is 3. The first-order valence-corrected chi connectivity index (χ1v) is 11.0. The van der Waals surface area contributed by atoms with E-state index in [-0.39, 0.29) is 19.6 Å². The van der Waals surface area contributed by atoms with Gasteiger partial charge in [-0.1, -0.05) is 30.3 Å². The van der Waals surface area contributed by atoms with Crippen LogP contribution >= 0.6 is 0 Å². The van der Waals surface area contributed by atoms with Gasteiger partial charge in [0.25, 0.3) is 0 Å². The fraction of sp³-hybridized carbons (Fsp3) is 0.400. The lowest BCUT2D eigenvalue weighted by atomic mass is 9.96. The van der Waals surface area contributed by atoms with E-state index in [1.165, 1.54) is 4.90 Å². The molecule has 33 heavy (non-hydrogen) atoms. The maximum Gasteiger partial charge on any atom is 0.410 e. The fourth-order valence-corrected chi connectivity index (χ4v) is 3.75. The minimum absolute atomic E-state index is 0.0885. The van der Waals surface area contributed by atoms with E-state index in [0.717, 1.165) is 5.56 Å². The molecule has 0 aliphatic carbocycles. The van der Waals surface area contributed by atoms with E-state index >= 15 is 0 Å². The first-order chi connectivity index (χ1) is 16.0. The number of piperidine rings is 1. The van der Waals surface area contributed by atoms with Gasteiger partial charge in [-0.3, -0.25) is 4.79 Å². The van der Waals surface area contributed by atoms with E-state index in [1.807, 2.05) is 30.3 Å². The van der Waals surface area contributed by atoms with Crippen LogP contribution in [0.4, 0.5) is 4.79 Å². The molecule has 8 heteroatoms. The normalized spacial score (nSPS) is 17.7. The SMILES string of the molecule is CCOC(=O)C[C@H]1[C@@H](OC(=O)c2ccc(OC)cc2)CCCN1C(=O)OCc1ccccc1. The molecule has 3 rings (SSSR count). The van der Waals surface area contributed by atoms with Crippen molar-refractivity contribution in [1.29, 1.82) is 0 Å². The molecule has 2 aromatic rings. The molecule has 1 aliphatic heterocycles. The van der Waals surface area contributed by atoms with Gasteiger partial charge >= 0.3 is 18.0 Å². The number of methoxy groups -OCH3 is 1. The van der Waals surface area contributed by atoms with Gasteiger partial charge in [-0.15, -0.1) is 0 Å². The molecule has 0 N–H and O–H groups in total. The highest BCUT2D eigenvalue weighted by atomic mass is 16.6. The first kappa shape index (κ1) is 24.1. The zero-order valence-electron chi connectivity index (χ0n) is 18.9. The maximum absolute atomic E-state index is 12.9. The molecule has 0 unspecified atom stereocenters. The van der Waals surface area contributed by atoms with E-state index < -0.39 is 30.2 Å². The third-order valence-electron chi connectivity index (χ3n) is 5.42. The molecular weight excluding hydrogens is 426 g/mol. The second-order valence-corrected chi connectivity index (χ2v) is 7.62. The van der Waals surface area contributed by atoms with Crippen molar-refractivity contribution in [3.63, 3.8) is 0 Å². The van der Waals surface area contributed by atoms with Gasteiger partial charge in [-0.25, -0.2) is 9.59 Å². The Bertz CT molecular complexity index is 930. The molecular formula is C25H29NO7. The first-order valence-electron chi connectivity index (χ1n) is 11.0. The number of esters is 2. The Labute approximate surface area is 193 Å². The second kappa shape index (κ2) is 11.9. The molecule has 2 atom stereocenters. The molecule has 176 valence electrons. The molecule has 1 heterocycles. The molecule has 1 aliphatic rings. The van der Waals surface area contributed by atoms with E-state index in [9.17, 15) is 14.4 Å². The highest BCUT2D eigenvalue weighted by Gasteiger charge is 2.39. The predicted octanol–water partition coefficient (Wildman–Crippen LogP) is 3.98. The summed E-state index contributed by atoms with van der Waals surface area (Å²) in [7, 11) is 1.54. The average molecular weight is 456 g/mol. The minimum atomic E-state index is -0.678. The molecule has 0 saturated carbocycles. The number of hydrogen-bond acceptors (Lipinski definition) is 7. The Morgan fingerprint density at radius 2 is 1.73 bits per heavy atom. The summed E-state index contributed by atoms with van der Waals surface area (Å²) in [6.45, 7) is 2.44. The monoisotopic (exact) mass is 455 g/mol. The van der Waals surface area contributed by atoms with Crippen molar-refractivity contribution in [2.45, 2.75) is 44.9 Å². The summed E-state index contributed by atoms with van der Waals surface area (Å²) in [5, 5.41) is 0. The Hall–Kier alpha value is -3.55. The smallest absolute Gasteiger partial charge is 0.410 e. The van der Waals surface area contributed by atoms with Crippen molar-refractivity contribution in [3.05, 3.63) is 65.7 Å². The topological polar surface area (TPSA) is 91.4 Å². The quantitative estimate of drug-likeness (QED) is 0.439. The van der Waals surface area contributed by atoms with Gasteiger partial charge in [0.15, 0.2) is 0 Å². The zero-order chi connectivity index (χ0) is 23.6. The van der Waals surface area contributed by atoms with E-state index in [4.69, 9.17) is 18.9 Å². The average Bonchev–Trinajstić information content (AvgIpc) is 2.84. The van der Waals surface area contributed by atoms with E-state index in [1.54, 1.807) is 38.3 Å². The van der Waals surface area contributed by atoms with Crippen LogP contribution in [0.3, 0.4) is 0 Å². The molecule has 2 aromatic carbocycles. The van der Waals surface area contributed by atoms with Crippen LogP contribution in [-0.4, -0.2) is 55.3 Å². The van der Waals surface area contributed by atoms with Crippen LogP contribution in [0.15, 0.2) is 54.6 Å². The fourth-order valence-electron chi connectivity index (χ4n) is 3.75. The number of nitrogens with zero attached hydrogens (tertiary/aromatic N) is 1. The third kappa shape index (κ3) is 6.71. The number of carbonyl (C=O) groups excluding carboxylic acids is 3. The van der Waals surface area contributed by atoms with Crippen LogP contribution in [0, 0.1) is 0 Å². The number of benzene rings is 2. The van der Waals surface area contributed by atoms with Crippen LogP contribution in [0.25, 0.3) is 0 Å². The number of amides is 1. The van der Waals surface area contributed by atoms with Gasteiger partial charge in [0.2, 0.25) is 0 Å². The standard InChI is InChI=1S/C25H29NO7/c1-3-31-23(27)16-21-22(33-24(28)19-11-13-20(30-2)14-12-19)10-7-15-26(21)25(29)32-17-18-8-5-4-6-9-18/h4-6,8-9,11-14,21-22H,3,7,10,15-17H2,1-2H3/t21-,22-/m0/s1.